The van der Waals surface area contributed by atoms with Crippen LogP contribution in [0.25, 0.3) is 0 Å². The molecule has 4 heteroatoms. The molecule has 0 spiro atoms. The first-order valence-corrected chi connectivity index (χ1v) is 8.73. The second-order valence-corrected chi connectivity index (χ2v) is 5.95. The molecule has 1 heterocycles. The molecule has 0 atom stereocenters. The van der Waals surface area contributed by atoms with Crippen molar-refractivity contribution in [1.29, 1.82) is 0 Å². The summed E-state index contributed by atoms with van der Waals surface area (Å²) in [4.78, 5) is 10.3. The lowest BCUT2D eigenvalue weighted by molar-refractivity contribution is -0.137. The molecule has 0 aromatic rings. The number of hydrogen-bond acceptors (Lipinski definition) is 3. The van der Waals surface area contributed by atoms with E-state index in [9.17, 15) is 4.79 Å². The molecular weight excluding hydrogens is 300 g/mol. The molecule has 1 rings (SSSR count). The van der Waals surface area contributed by atoms with Gasteiger partial charge in [-0.25, -0.2) is 0 Å². The maximum Gasteiger partial charge on any atom is 0.303 e. The quantitative estimate of drug-likeness (QED) is 0.262. The van der Waals surface area contributed by atoms with E-state index < -0.39 is 5.97 Å². The van der Waals surface area contributed by atoms with Gasteiger partial charge in [-0.3, -0.25) is 4.79 Å². The van der Waals surface area contributed by atoms with Crippen LogP contribution in [0.3, 0.4) is 0 Å². The topological polar surface area (TPSA) is 62.0 Å². The largest absolute Gasteiger partial charge is 0.481 e. The van der Waals surface area contributed by atoms with Crippen LogP contribution < -0.4 is 0 Å². The fourth-order valence-corrected chi connectivity index (χ4v) is 2.33. The summed E-state index contributed by atoms with van der Waals surface area (Å²) >= 11 is 0. The standard InChI is InChI=1S/C20H28N2O2/c1-2-3-14-17-20(21-22-20)18-15-12-10-8-6-4-5-7-9-11-13-16-19(23)24/h1,4,6-7,9-10,12H,3,5,8,11,13-18H2,(H,23,24). The molecule has 0 aromatic heterocycles. The minimum atomic E-state index is -0.724. The fraction of sp³-hybridized carbons (Fsp3) is 0.550. The smallest absolute Gasteiger partial charge is 0.303 e. The lowest BCUT2D eigenvalue weighted by atomic mass is 10.0. The summed E-state index contributed by atoms with van der Waals surface area (Å²) in [5.74, 6) is 1.93. The number of aliphatic carboxylic acids is 1. The van der Waals surface area contributed by atoms with Crippen LogP contribution in [0.5, 0.6) is 0 Å². The van der Waals surface area contributed by atoms with Crippen molar-refractivity contribution in [2.45, 2.75) is 69.9 Å². The molecule has 24 heavy (non-hydrogen) atoms. The van der Waals surface area contributed by atoms with E-state index in [4.69, 9.17) is 11.5 Å². The Balaban J connectivity index is 1.97. The number of rotatable bonds is 14. The number of allylic oxidation sites excluding steroid dienone is 6. The van der Waals surface area contributed by atoms with Crippen molar-refractivity contribution in [1.82, 2.24) is 0 Å². The van der Waals surface area contributed by atoms with Crippen LogP contribution in [0.15, 0.2) is 46.7 Å². The molecule has 0 unspecified atom stereocenters. The minimum absolute atomic E-state index is 0.123. The van der Waals surface area contributed by atoms with E-state index in [-0.39, 0.29) is 12.1 Å². The molecule has 0 aliphatic carbocycles. The van der Waals surface area contributed by atoms with E-state index >= 15 is 0 Å². The normalized spacial score (nSPS) is 15.5. The van der Waals surface area contributed by atoms with Crippen LogP contribution in [0, 0.1) is 12.3 Å². The van der Waals surface area contributed by atoms with Gasteiger partial charge in [0.25, 0.3) is 0 Å². The fourth-order valence-electron chi connectivity index (χ4n) is 2.33. The van der Waals surface area contributed by atoms with Crippen LogP contribution in [0.4, 0.5) is 0 Å². The van der Waals surface area contributed by atoms with Crippen LogP contribution in [0.2, 0.25) is 0 Å². The van der Waals surface area contributed by atoms with Gasteiger partial charge in [-0.05, 0) is 51.4 Å². The number of carbonyl (C=O) groups is 1. The molecule has 0 bridgehead atoms. The van der Waals surface area contributed by atoms with Crippen LogP contribution >= 0.6 is 0 Å². The number of carboxylic acids is 1. The van der Waals surface area contributed by atoms with Crippen molar-refractivity contribution in [2.75, 3.05) is 0 Å². The van der Waals surface area contributed by atoms with Gasteiger partial charge >= 0.3 is 5.97 Å². The highest BCUT2D eigenvalue weighted by Gasteiger charge is 2.37. The Morgan fingerprint density at radius 3 is 2.17 bits per heavy atom. The van der Waals surface area contributed by atoms with E-state index in [1.54, 1.807) is 0 Å². The third kappa shape index (κ3) is 10.6. The lowest BCUT2D eigenvalue weighted by Gasteiger charge is -2.06. The monoisotopic (exact) mass is 328 g/mol. The number of unbranched alkanes of at least 4 members (excludes halogenated alkanes) is 2. The summed E-state index contributed by atoms with van der Waals surface area (Å²) in [5.41, 5.74) is -0.123. The van der Waals surface area contributed by atoms with Gasteiger partial charge in [-0.2, -0.15) is 10.2 Å². The molecule has 4 nitrogen and oxygen atoms in total. The highest BCUT2D eigenvalue weighted by atomic mass is 16.4. The highest BCUT2D eigenvalue weighted by molar-refractivity contribution is 5.66. The summed E-state index contributed by atoms with van der Waals surface area (Å²) in [6.07, 6.45) is 26.4. The Morgan fingerprint density at radius 1 is 0.958 bits per heavy atom. The Kier molecular flexibility index (Phi) is 10.2. The van der Waals surface area contributed by atoms with Gasteiger partial charge in [0.2, 0.25) is 0 Å². The van der Waals surface area contributed by atoms with Gasteiger partial charge in [-0.1, -0.05) is 36.5 Å². The van der Waals surface area contributed by atoms with Crippen molar-refractivity contribution < 1.29 is 9.90 Å². The molecule has 0 aromatic carbocycles. The zero-order chi connectivity index (χ0) is 17.5. The SMILES string of the molecule is C#CCCCC1(CCC=CCC=CCC=CCCCC(=O)O)N=N1. The van der Waals surface area contributed by atoms with Crippen molar-refractivity contribution in [3.8, 4) is 12.3 Å². The molecule has 0 amide bonds. The summed E-state index contributed by atoms with van der Waals surface area (Å²) in [6.45, 7) is 0. The Labute approximate surface area is 145 Å². The number of nitrogens with zero attached hydrogens (tertiary/aromatic N) is 2. The van der Waals surface area contributed by atoms with E-state index in [0.29, 0.717) is 6.42 Å². The van der Waals surface area contributed by atoms with Crippen molar-refractivity contribution in [3.63, 3.8) is 0 Å². The average Bonchev–Trinajstić information content (AvgIpc) is 3.32. The second-order valence-electron chi connectivity index (χ2n) is 5.95. The Hall–Kier alpha value is -2.15. The first kappa shape index (κ1) is 19.9. The summed E-state index contributed by atoms with van der Waals surface area (Å²) in [6, 6.07) is 0. The summed E-state index contributed by atoms with van der Waals surface area (Å²) in [5, 5.41) is 16.9. The zero-order valence-electron chi connectivity index (χ0n) is 14.4. The molecular formula is C20H28N2O2. The van der Waals surface area contributed by atoms with Crippen molar-refractivity contribution in [2.24, 2.45) is 10.2 Å². The number of carboxylic acid groups (broad SMARTS) is 1. The van der Waals surface area contributed by atoms with Gasteiger partial charge in [0.1, 0.15) is 0 Å². The van der Waals surface area contributed by atoms with E-state index in [1.807, 2.05) is 6.08 Å². The molecule has 1 aliphatic rings. The highest BCUT2D eigenvalue weighted by Crippen LogP contribution is 2.38. The van der Waals surface area contributed by atoms with Gasteiger partial charge in [0, 0.05) is 12.8 Å². The lowest BCUT2D eigenvalue weighted by Crippen LogP contribution is -2.09. The van der Waals surface area contributed by atoms with Crippen molar-refractivity contribution >= 4 is 5.97 Å². The predicted octanol–water partition coefficient (Wildman–Crippen LogP) is 5.44. The average molecular weight is 328 g/mol. The molecule has 0 saturated heterocycles. The molecule has 130 valence electrons. The third-order valence-electron chi connectivity index (χ3n) is 3.80. The van der Waals surface area contributed by atoms with Crippen LogP contribution in [-0.2, 0) is 4.79 Å². The van der Waals surface area contributed by atoms with Crippen LogP contribution in [0.1, 0.15) is 64.2 Å². The summed E-state index contributed by atoms with van der Waals surface area (Å²) in [7, 11) is 0. The first-order chi connectivity index (χ1) is 11.7. The second kappa shape index (κ2) is 12.3. The molecule has 0 radical (unpaired) electrons. The van der Waals surface area contributed by atoms with Gasteiger partial charge < -0.3 is 5.11 Å². The van der Waals surface area contributed by atoms with E-state index in [0.717, 1.165) is 51.4 Å². The predicted molar refractivity (Wildman–Crippen MR) is 97.6 cm³/mol. The molecule has 0 saturated carbocycles. The van der Waals surface area contributed by atoms with Crippen molar-refractivity contribution in [3.05, 3.63) is 36.5 Å². The number of terminal acetylenes is 1. The summed E-state index contributed by atoms with van der Waals surface area (Å²) < 4.78 is 0. The maximum atomic E-state index is 10.3. The molecule has 1 N–H and O–H groups in total. The number of hydrogen-bond donors (Lipinski definition) is 1. The van der Waals surface area contributed by atoms with E-state index in [1.165, 1.54) is 0 Å². The van der Waals surface area contributed by atoms with Gasteiger partial charge in [0.15, 0.2) is 5.66 Å². The molecule has 1 aliphatic heterocycles. The van der Waals surface area contributed by atoms with E-state index in [2.05, 4.69) is 46.5 Å². The third-order valence-corrected chi connectivity index (χ3v) is 3.80. The minimum Gasteiger partial charge on any atom is -0.481 e. The van der Waals surface area contributed by atoms with Crippen LogP contribution in [-0.4, -0.2) is 16.7 Å². The van der Waals surface area contributed by atoms with Gasteiger partial charge in [0.05, 0.1) is 0 Å². The Morgan fingerprint density at radius 2 is 1.58 bits per heavy atom. The first-order valence-electron chi connectivity index (χ1n) is 8.73. The van der Waals surface area contributed by atoms with Gasteiger partial charge in [-0.15, -0.1) is 12.3 Å². The molecule has 0 fully saturated rings. The maximum absolute atomic E-state index is 10.3. The zero-order valence-corrected chi connectivity index (χ0v) is 14.4. The Bertz CT molecular complexity index is 518.